The minimum Gasteiger partial charge on any atom is -0.463 e. The number of nitrogens with zero attached hydrogens (tertiary/aromatic N) is 1. The van der Waals surface area contributed by atoms with Crippen LogP contribution in [-0.4, -0.2) is 52.0 Å². The number of sulfonamides is 1. The molecule has 1 aromatic heterocycles. The molecule has 27 heavy (non-hydrogen) atoms. The first-order valence-corrected chi connectivity index (χ1v) is 10.3. The number of hydrogen-bond donors (Lipinski definition) is 1. The van der Waals surface area contributed by atoms with Gasteiger partial charge in [-0.2, -0.15) is 4.31 Å². The first-order chi connectivity index (χ1) is 12.8. The van der Waals surface area contributed by atoms with Crippen LogP contribution in [0.25, 0.3) is 0 Å². The van der Waals surface area contributed by atoms with Crippen LogP contribution in [0.4, 0.5) is 0 Å². The molecule has 0 radical (unpaired) electrons. The van der Waals surface area contributed by atoms with Gasteiger partial charge in [0.15, 0.2) is 5.76 Å². The van der Waals surface area contributed by atoms with Crippen molar-refractivity contribution in [2.45, 2.75) is 25.3 Å². The van der Waals surface area contributed by atoms with E-state index in [1.807, 2.05) is 26.0 Å². The third-order valence-electron chi connectivity index (χ3n) is 4.86. The second-order valence-corrected chi connectivity index (χ2v) is 8.76. The number of piperazine rings is 1. The summed E-state index contributed by atoms with van der Waals surface area (Å²) < 4.78 is 37.7. The van der Waals surface area contributed by atoms with E-state index in [-0.39, 0.29) is 5.76 Å². The van der Waals surface area contributed by atoms with Crippen LogP contribution in [0.2, 0.25) is 0 Å². The van der Waals surface area contributed by atoms with Crippen LogP contribution in [-0.2, 0) is 21.3 Å². The zero-order valence-electron chi connectivity index (χ0n) is 15.8. The van der Waals surface area contributed by atoms with E-state index in [2.05, 4.69) is 4.74 Å². The molecule has 1 aromatic carbocycles. The lowest BCUT2D eigenvalue weighted by Gasteiger charge is -2.31. The summed E-state index contributed by atoms with van der Waals surface area (Å²) in [6.07, 6.45) is 0. The van der Waals surface area contributed by atoms with Gasteiger partial charge in [-0.05, 0) is 43.2 Å². The van der Waals surface area contributed by atoms with E-state index in [1.165, 1.54) is 12.0 Å². The number of carbonyl (C=O) groups is 1. The third-order valence-corrected chi connectivity index (χ3v) is 6.90. The van der Waals surface area contributed by atoms with E-state index < -0.39 is 16.0 Å². The zero-order chi connectivity index (χ0) is 19.6. The van der Waals surface area contributed by atoms with Crippen molar-refractivity contribution in [1.29, 1.82) is 0 Å². The monoisotopic (exact) mass is 393 g/mol. The molecule has 1 saturated heterocycles. The number of benzene rings is 1. The Labute approximate surface area is 159 Å². The van der Waals surface area contributed by atoms with Gasteiger partial charge in [0.25, 0.3) is 0 Å². The number of esters is 1. The van der Waals surface area contributed by atoms with Gasteiger partial charge in [0, 0.05) is 0 Å². The van der Waals surface area contributed by atoms with E-state index in [9.17, 15) is 13.2 Å². The van der Waals surface area contributed by atoms with Crippen molar-refractivity contribution in [2.24, 2.45) is 0 Å². The Bertz CT molecular complexity index is 927. The van der Waals surface area contributed by atoms with Gasteiger partial charge < -0.3 is 14.1 Å². The van der Waals surface area contributed by atoms with E-state index in [1.54, 1.807) is 22.5 Å². The summed E-state index contributed by atoms with van der Waals surface area (Å²) in [7, 11) is -2.18. The summed E-state index contributed by atoms with van der Waals surface area (Å²) in [5.74, 6) is 0.375. The summed E-state index contributed by atoms with van der Waals surface area (Å²) >= 11 is 0. The van der Waals surface area contributed by atoms with Crippen LogP contribution in [0.3, 0.4) is 0 Å². The van der Waals surface area contributed by atoms with Crippen molar-refractivity contribution >= 4 is 16.0 Å². The van der Waals surface area contributed by atoms with Crippen molar-refractivity contribution in [3.05, 3.63) is 53.0 Å². The van der Waals surface area contributed by atoms with Gasteiger partial charge in [-0.3, -0.25) is 0 Å². The predicted octanol–water partition coefficient (Wildman–Crippen LogP) is 0.772. The van der Waals surface area contributed by atoms with Crippen LogP contribution in [0.5, 0.6) is 0 Å². The third kappa shape index (κ3) is 4.23. The first-order valence-electron chi connectivity index (χ1n) is 8.89. The molecule has 7 nitrogen and oxygen atoms in total. The van der Waals surface area contributed by atoms with Crippen LogP contribution < -0.4 is 4.90 Å². The number of carbonyl (C=O) groups excluding carboxylic acids is 1. The molecule has 1 aliphatic rings. The average Bonchev–Trinajstić information content (AvgIpc) is 3.12. The molecule has 0 amide bonds. The van der Waals surface area contributed by atoms with E-state index in [0.717, 1.165) is 11.1 Å². The quantitative estimate of drug-likeness (QED) is 0.759. The van der Waals surface area contributed by atoms with E-state index >= 15 is 0 Å². The van der Waals surface area contributed by atoms with Crippen LogP contribution in [0.15, 0.2) is 39.6 Å². The van der Waals surface area contributed by atoms with Gasteiger partial charge in [0.1, 0.15) is 6.54 Å². The van der Waals surface area contributed by atoms with Crippen LogP contribution in [0, 0.1) is 13.8 Å². The largest absolute Gasteiger partial charge is 0.463 e. The second kappa shape index (κ2) is 7.84. The van der Waals surface area contributed by atoms with Gasteiger partial charge in [0.05, 0.1) is 38.2 Å². The maximum absolute atomic E-state index is 13.0. The molecule has 0 bridgehead atoms. The SMILES string of the molecule is COC(=O)c1ccc(C[NH+]2CCN(S(=O)(=O)c3cc(C)ccc3C)CC2)o1. The van der Waals surface area contributed by atoms with E-state index in [0.29, 0.717) is 43.4 Å². The second-order valence-electron chi connectivity index (χ2n) is 6.86. The molecule has 0 aliphatic carbocycles. The molecule has 1 fully saturated rings. The maximum Gasteiger partial charge on any atom is 0.373 e. The number of nitrogens with one attached hydrogen (secondary N) is 1. The first kappa shape index (κ1) is 19.6. The molecule has 3 rings (SSSR count). The van der Waals surface area contributed by atoms with E-state index in [4.69, 9.17) is 4.42 Å². The van der Waals surface area contributed by atoms with Gasteiger partial charge in [-0.25, -0.2) is 13.2 Å². The Hall–Kier alpha value is -2.16. The Morgan fingerprint density at radius 1 is 1.19 bits per heavy atom. The maximum atomic E-state index is 13.0. The highest BCUT2D eigenvalue weighted by atomic mass is 32.2. The molecular formula is C19H25N2O5S+. The lowest BCUT2D eigenvalue weighted by molar-refractivity contribution is -0.918. The molecule has 1 aliphatic heterocycles. The average molecular weight is 393 g/mol. The predicted molar refractivity (Wildman–Crippen MR) is 99.1 cm³/mol. The Balaban J connectivity index is 1.64. The number of hydrogen-bond acceptors (Lipinski definition) is 5. The highest BCUT2D eigenvalue weighted by Gasteiger charge is 2.31. The van der Waals surface area contributed by atoms with Crippen molar-refractivity contribution in [3.8, 4) is 0 Å². The van der Waals surface area contributed by atoms with Crippen molar-refractivity contribution in [1.82, 2.24) is 4.31 Å². The standard InChI is InChI=1S/C19H24N2O5S/c1-14-4-5-15(2)18(12-14)27(23,24)21-10-8-20(9-11-21)13-16-6-7-17(26-16)19(22)25-3/h4-7,12H,8-11,13H2,1-3H3/p+1. The fraction of sp³-hybridized carbons (Fsp3) is 0.421. The summed E-state index contributed by atoms with van der Waals surface area (Å²) in [4.78, 5) is 13.1. The van der Waals surface area contributed by atoms with Gasteiger partial charge >= 0.3 is 5.97 Å². The fourth-order valence-corrected chi connectivity index (χ4v) is 5.02. The summed E-state index contributed by atoms with van der Waals surface area (Å²) in [5.41, 5.74) is 1.70. The fourth-order valence-electron chi connectivity index (χ4n) is 3.27. The van der Waals surface area contributed by atoms with Gasteiger partial charge in [-0.15, -0.1) is 0 Å². The Morgan fingerprint density at radius 3 is 2.56 bits per heavy atom. The van der Waals surface area contributed by atoms with Gasteiger partial charge in [0.2, 0.25) is 15.8 Å². The molecule has 2 heterocycles. The molecule has 8 heteroatoms. The number of ether oxygens (including phenoxy) is 1. The normalized spacial score (nSPS) is 16.4. The lowest BCUT2D eigenvalue weighted by atomic mass is 10.2. The number of methoxy groups -OCH3 is 1. The molecule has 0 atom stereocenters. The summed E-state index contributed by atoms with van der Waals surface area (Å²) in [5, 5.41) is 0. The molecule has 2 aromatic rings. The summed E-state index contributed by atoms with van der Waals surface area (Å²) in [6.45, 7) is 6.59. The van der Waals surface area contributed by atoms with Gasteiger partial charge in [-0.1, -0.05) is 12.1 Å². The Kier molecular flexibility index (Phi) is 5.69. The highest BCUT2D eigenvalue weighted by molar-refractivity contribution is 7.89. The molecule has 146 valence electrons. The minimum atomic E-state index is -3.49. The highest BCUT2D eigenvalue weighted by Crippen LogP contribution is 2.21. The topological polar surface area (TPSA) is 81.3 Å². The Morgan fingerprint density at radius 2 is 1.89 bits per heavy atom. The number of furan rings is 1. The zero-order valence-corrected chi connectivity index (χ0v) is 16.6. The number of rotatable bonds is 5. The molecule has 0 saturated carbocycles. The van der Waals surface area contributed by atoms with Crippen molar-refractivity contribution < 1.29 is 27.3 Å². The minimum absolute atomic E-state index is 0.183. The molecule has 0 spiro atoms. The lowest BCUT2D eigenvalue weighted by Crippen LogP contribution is -3.13. The molecular weight excluding hydrogens is 368 g/mol. The summed E-state index contributed by atoms with van der Waals surface area (Å²) in [6, 6.07) is 8.86. The van der Waals surface area contributed by atoms with Crippen molar-refractivity contribution in [3.63, 3.8) is 0 Å². The van der Waals surface area contributed by atoms with Crippen LogP contribution in [0.1, 0.15) is 27.4 Å². The molecule has 0 unspecified atom stereocenters. The van der Waals surface area contributed by atoms with Crippen LogP contribution >= 0.6 is 0 Å². The molecule has 1 N–H and O–H groups in total. The van der Waals surface area contributed by atoms with Crippen molar-refractivity contribution in [2.75, 3.05) is 33.3 Å². The number of quaternary nitrogens is 1. The smallest absolute Gasteiger partial charge is 0.373 e. The number of aryl methyl sites for hydroxylation is 2.